The van der Waals surface area contributed by atoms with Crippen molar-refractivity contribution in [3.63, 3.8) is 0 Å². The zero-order valence-corrected chi connectivity index (χ0v) is 23.9. The molecular formula is C31H32ClFN4O4. The second-order valence-corrected chi connectivity index (χ2v) is 11.6. The molecule has 8 nitrogen and oxygen atoms in total. The smallest absolute Gasteiger partial charge is 0.278 e. The molecule has 214 valence electrons. The van der Waals surface area contributed by atoms with Crippen molar-refractivity contribution in [2.75, 3.05) is 19.7 Å². The number of likely N-dealkylation sites (tertiary alicyclic amines) is 1. The van der Waals surface area contributed by atoms with Crippen LogP contribution in [-0.4, -0.2) is 45.2 Å². The summed E-state index contributed by atoms with van der Waals surface area (Å²) in [5.74, 6) is 1.47. The number of rotatable bonds is 7. The number of para-hydroxylation sites is 1. The van der Waals surface area contributed by atoms with Crippen LogP contribution in [0.3, 0.4) is 0 Å². The molecule has 0 amide bonds. The molecule has 2 aromatic carbocycles. The Bertz CT molecular complexity index is 1560. The Labute approximate surface area is 243 Å². The van der Waals surface area contributed by atoms with Crippen molar-refractivity contribution in [2.45, 2.75) is 64.0 Å². The number of aromatic nitrogens is 3. The van der Waals surface area contributed by atoms with Gasteiger partial charge in [-0.1, -0.05) is 23.7 Å². The summed E-state index contributed by atoms with van der Waals surface area (Å²) in [5, 5.41) is 0.334. The van der Waals surface area contributed by atoms with Gasteiger partial charge in [0.05, 0.1) is 31.0 Å². The van der Waals surface area contributed by atoms with Gasteiger partial charge < -0.3 is 23.2 Å². The molecule has 3 aliphatic heterocycles. The number of fused-ring (bicyclic) bond motifs is 1. The Kier molecular flexibility index (Phi) is 6.76. The molecular weight excluding hydrogens is 547 g/mol. The van der Waals surface area contributed by atoms with E-state index in [2.05, 4.69) is 27.4 Å². The lowest BCUT2D eigenvalue weighted by molar-refractivity contribution is -0.0712. The van der Waals surface area contributed by atoms with Crippen molar-refractivity contribution in [3.05, 3.63) is 82.3 Å². The first-order chi connectivity index (χ1) is 19.9. The lowest BCUT2D eigenvalue weighted by Crippen LogP contribution is -2.35. The molecule has 4 aromatic rings. The van der Waals surface area contributed by atoms with Crippen LogP contribution in [0.5, 0.6) is 11.5 Å². The molecule has 2 aromatic heterocycles. The highest BCUT2D eigenvalue weighted by Crippen LogP contribution is 2.50. The van der Waals surface area contributed by atoms with Gasteiger partial charge in [-0.05, 0) is 69.5 Å². The Balaban J connectivity index is 1.07. The van der Waals surface area contributed by atoms with Crippen LogP contribution in [0.2, 0.25) is 5.02 Å². The number of imidazole rings is 1. The van der Waals surface area contributed by atoms with Gasteiger partial charge in [-0.25, -0.2) is 14.4 Å². The first kappa shape index (κ1) is 26.5. The highest BCUT2D eigenvalue weighted by Gasteiger charge is 2.43. The number of oxazole rings is 1. The van der Waals surface area contributed by atoms with Gasteiger partial charge in [-0.3, -0.25) is 4.90 Å². The Hall–Kier alpha value is -3.40. The van der Waals surface area contributed by atoms with Crippen LogP contribution in [0.15, 0.2) is 53.3 Å². The number of benzene rings is 2. The average Bonchev–Trinajstić information content (AvgIpc) is 3.65. The fraction of sp³-hybridized carbons (Fsp3) is 0.419. The zero-order valence-electron chi connectivity index (χ0n) is 23.1. The minimum Gasteiger partial charge on any atom is -0.444 e. The summed E-state index contributed by atoms with van der Waals surface area (Å²) in [5.41, 5.74) is 3.26. The molecule has 2 fully saturated rings. The van der Waals surface area contributed by atoms with Gasteiger partial charge in [-0.15, -0.1) is 0 Å². The van der Waals surface area contributed by atoms with E-state index in [0.29, 0.717) is 33.9 Å². The Morgan fingerprint density at radius 1 is 1.12 bits per heavy atom. The van der Waals surface area contributed by atoms with Crippen LogP contribution in [0, 0.1) is 12.7 Å². The number of piperidine rings is 1. The summed E-state index contributed by atoms with van der Waals surface area (Å²) in [6.45, 7) is 7.99. The van der Waals surface area contributed by atoms with E-state index < -0.39 is 11.6 Å². The SMILES string of the molecule is Cc1c(-c2ncco2)nc(CN2CCC(c3cccc4c3O[C@@](C)(c3ccc(Cl)cc3F)O4)CC2)n1C[C@@H]1CCO1. The second kappa shape index (κ2) is 10.5. The van der Waals surface area contributed by atoms with Gasteiger partial charge >= 0.3 is 0 Å². The van der Waals surface area contributed by atoms with E-state index in [1.165, 1.54) is 6.07 Å². The van der Waals surface area contributed by atoms with Gasteiger partial charge in [-0.2, -0.15) is 0 Å². The number of hydrogen-bond acceptors (Lipinski definition) is 7. The van der Waals surface area contributed by atoms with Crippen LogP contribution in [-0.2, 0) is 23.6 Å². The summed E-state index contributed by atoms with van der Waals surface area (Å²) in [6.07, 6.45) is 6.44. The lowest BCUT2D eigenvalue weighted by Gasteiger charge is -2.33. The monoisotopic (exact) mass is 578 g/mol. The lowest BCUT2D eigenvalue weighted by atomic mass is 9.88. The summed E-state index contributed by atoms with van der Waals surface area (Å²) < 4.78 is 40.9. The van der Waals surface area contributed by atoms with Crippen LogP contribution in [0.4, 0.5) is 4.39 Å². The summed E-state index contributed by atoms with van der Waals surface area (Å²) in [7, 11) is 0. The third-order valence-corrected chi connectivity index (χ3v) is 8.77. The predicted octanol–water partition coefficient (Wildman–Crippen LogP) is 6.45. The van der Waals surface area contributed by atoms with Crippen molar-refractivity contribution in [2.24, 2.45) is 0 Å². The Morgan fingerprint density at radius 2 is 1.95 bits per heavy atom. The third-order valence-electron chi connectivity index (χ3n) is 8.54. The van der Waals surface area contributed by atoms with E-state index in [1.807, 2.05) is 12.1 Å². The summed E-state index contributed by atoms with van der Waals surface area (Å²) in [4.78, 5) is 11.8. The van der Waals surface area contributed by atoms with E-state index in [9.17, 15) is 4.39 Å². The van der Waals surface area contributed by atoms with E-state index in [1.54, 1.807) is 31.5 Å². The van der Waals surface area contributed by atoms with Crippen molar-refractivity contribution in [1.29, 1.82) is 0 Å². The molecule has 5 heterocycles. The van der Waals surface area contributed by atoms with E-state index in [0.717, 1.165) is 74.8 Å². The first-order valence-electron chi connectivity index (χ1n) is 14.1. The minimum absolute atomic E-state index is 0.222. The average molecular weight is 579 g/mol. The first-order valence-corrected chi connectivity index (χ1v) is 14.5. The van der Waals surface area contributed by atoms with Gasteiger partial charge in [0.25, 0.3) is 5.79 Å². The third kappa shape index (κ3) is 4.90. The normalized spacial score (nSPS) is 22.7. The number of halogens is 2. The van der Waals surface area contributed by atoms with Crippen LogP contribution in [0.25, 0.3) is 11.6 Å². The van der Waals surface area contributed by atoms with Gasteiger partial charge in [0, 0.05) is 29.8 Å². The maximum atomic E-state index is 14.8. The molecule has 41 heavy (non-hydrogen) atoms. The quantitative estimate of drug-likeness (QED) is 0.249. The largest absolute Gasteiger partial charge is 0.444 e. The summed E-state index contributed by atoms with van der Waals surface area (Å²) >= 11 is 5.98. The zero-order chi connectivity index (χ0) is 28.1. The van der Waals surface area contributed by atoms with Crippen LogP contribution >= 0.6 is 11.6 Å². The van der Waals surface area contributed by atoms with Crippen LogP contribution < -0.4 is 9.47 Å². The summed E-state index contributed by atoms with van der Waals surface area (Å²) in [6, 6.07) is 10.5. The molecule has 0 bridgehead atoms. The molecule has 2 saturated heterocycles. The highest BCUT2D eigenvalue weighted by atomic mass is 35.5. The topological polar surface area (TPSA) is 74.8 Å². The maximum absolute atomic E-state index is 14.8. The van der Waals surface area contributed by atoms with Crippen molar-refractivity contribution in [1.82, 2.24) is 19.4 Å². The number of hydrogen-bond donors (Lipinski definition) is 0. The number of nitrogens with zero attached hydrogens (tertiary/aromatic N) is 4. The molecule has 0 saturated carbocycles. The van der Waals surface area contributed by atoms with Gasteiger partial charge in [0.2, 0.25) is 5.89 Å². The molecule has 7 rings (SSSR count). The molecule has 10 heteroatoms. The standard InChI is InChI=1S/C31H32ClFN4O4/c1-19-28(30-34-11-15-39-30)35-27(37(19)17-22-10-14-38-22)18-36-12-8-20(9-13-36)23-4-3-5-26-29(23)41-31(2,40-26)24-7-6-21(32)16-25(24)33/h3-7,11,15-16,20,22H,8-10,12-14,17-18H2,1-2H3/t22-,31-/m0/s1. The van der Waals surface area contributed by atoms with Gasteiger partial charge in [0.15, 0.2) is 11.5 Å². The fourth-order valence-corrected chi connectivity index (χ4v) is 6.33. The molecule has 0 aliphatic carbocycles. The predicted molar refractivity (Wildman–Crippen MR) is 151 cm³/mol. The second-order valence-electron chi connectivity index (χ2n) is 11.2. The van der Waals surface area contributed by atoms with Gasteiger partial charge in [0.1, 0.15) is 23.6 Å². The molecule has 0 spiro atoms. The van der Waals surface area contributed by atoms with E-state index >= 15 is 0 Å². The molecule has 0 radical (unpaired) electrons. The van der Waals surface area contributed by atoms with E-state index in [-0.39, 0.29) is 6.10 Å². The minimum atomic E-state index is -1.26. The van der Waals surface area contributed by atoms with Crippen molar-refractivity contribution < 1.29 is 23.0 Å². The molecule has 3 aliphatic rings. The Morgan fingerprint density at radius 3 is 2.66 bits per heavy atom. The van der Waals surface area contributed by atoms with Crippen LogP contribution in [0.1, 0.15) is 54.7 Å². The highest BCUT2D eigenvalue weighted by molar-refractivity contribution is 6.30. The maximum Gasteiger partial charge on any atom is 0.278 e. The van der Waals surface area contributed by atoms with Crippen molar-refractivity contribution in [3.8, 4) is 23.1 Å². The molecule has 2 atom stereocenters. The van der Waals surface area contributed by atoms with E-state index in [4.69, 9.17) is 35.2 Å². The fourth-order valence-electron chi connectivity index (χ4n) is 6.17. The van der Waals surface area contributed by atoms with Crippen molar-refractivity contribution >= 4 is 11.6 Å². The number of ether oxygens (including phenoxy) is 3. The molecule has 0 N–H and O–H groups in total. The molecule has 0 unspecified atom stereocenters.